The highest BCUT2D eigenvalue weighted by molar-refractivity contribution is 9.09. The Bertz CT molecular complexity index is 952. The summed E-state index contributed by atoms with van der Waals surface area (Å²) in [4.78, 5) is 11.7. The van der Waals surface area contributed by atoms with Crippen LogP contribution in [0.2, 0.25) is 0 Å². The number of aliphatic hydroxyl groups is 2. The van der Waals surface area contributed by atoms with Crippen molar-refractivity contribution in [2.45, 2.75) is 94.8 Å². The Kier molecular flexibility index (Phi) is 6.29. The smallest absolute Gasteiger partial charge is 0.335 e. The molecule has 1 aromatic rings. The minimum atomic E-state index is -0.947. The standard InChI is InChI=1S/C27H37BrO5/c1-24(2,31)10-5-11-26(4)20-8-13-27(32,16-25(20,3)12-9-21(26)28)22-15-18-14-17(23(29)30)6-7-19(18)33-22/h5-7,10,14,20-22,31-32H,8-9,11-13,15-16H2,1-4H3,(H,29,30)/b10-5+/t20-,21+,22+,25-,26+,27-/m0/s1. The molecule has 1 aliphatic heterocycles. The number of alkyl halides is 1. The zero-order chi connectivity index (χ0) is 24.2. The highest BCUT2D eigenvalue weighted by Gasteiger charge is 2.59. The molecule has 6 atom stereocenters. The number of rotatable bonds is 5. The maximum Gasteiger partial charge on any atom is 0.335 e. The van der Waals surface area contributed by atoms with Crippen molar-refractivity contribution in [3.8, 4) is 5.75 Å². The van der Waals surface area contributed by atoms with E-state index in [2.05, 4.69) is 35.9 Å². The van der Waals surface area contributed by atoms with Gasteiger partial charge in [0.15, 0.2) is 0 Å². The molecule has 4 rings (SSSR count). The van der Waals surface area contributed by atoms with Gasteiger partial charge in [0.1, 0.15) is 17.5 Å². The van der Waals surface area contributed by atoms with E-state index in [9.17, 15) is 20.1 Å². The molecule has 6 heteroatoms. The lowest BCUT2D eigenvalue weighted by atomic mass is 9.47. The van der Waals surface area contributed by atoms with Gasteiger partial charge in [0.2, 0.25) is 0 Å². The highest BCUT2D eigenvalue weighted by atomic mass is 79.9. The third-order valence-corrected chi connectivity index (χ3v) is 10.1. The van der Waals surface area contributed by atoms with Gasteiger partial charge >= 0.3 is 5.97 Å². The van der Waals surface area contributed by atoms with Gasteiger partial charge in [-0.05, 0) is 92.9 Å². The summed E-state index contributed by atoms with van der Waals surface area (Å²) < 4.78 is 6.19. The Morgan fingerprint density at radius 3 is 2.67 bits per heavy atom. The number of hydrogen-bond donors (Lipinski definition) is 3. The lowest BCUT2D eigenvalue weighted by Gasteiger charge is -2.60. The quantitative estimate of drug-likeness (QED) is 0.352. The normalized spacial score (nSPS) is 38.6. The van der Waals surface area contributed by atoms with Gasteiger partial charge in [0.25, 0.3) is 0 Å². The number of fused-ring (bicyclic) bond motifs is 2. The van der Waals surface area contributed by atoms with E-state index in [1.54, 1.807) is 32.0 Å². The van der Waals surface area contributed by atoms with Crippen molar-refractivity contribution in [2.24, 2.45) is 16.7 Å². The van der Waals surface area contributed by atoms with Crippen molar-refractivity contribution in [1.29, 1.82) is 0 Å². The molecule has 0 radical (unpaired) electrons. The van der Waals surface area contributed by atoms with Crippen LogP contribution in [0.25, 0.3) is 0 Å². The van der Waals surface area contributed by atoms with Crippen LogP contribution in [0.15, 0.2) is 30.4 Å². The third-order valence-electron chi connectivity index (χ3n) is 8.56. The van der Waals surface area contributed by atoms with Gasteiger partial charge in [0, 0.05) is 11.2 Å². The van der Waals surface area contributed by atoms with E-state index in [-0.39, 0.29) is 22.5 Å². The first-order valence-corrected chi connectivity index (χ1v) is 13.0. The predicted octanol–water partition coefficient (Wildman–Crippen LogP) is 5.51. The number of hydrogen-bond acceptors (Lipinski definition) is 4. The van der Waals surface area contributed by atoms with Gasteiger partial charge in [-0.1, -0.05) is 41.9 Å². The second-order valence-corrected chi connectivity index (χ2v) is 12.8. The summed E-state index contributed by atoms with van der Waals surface area (Å²) in [6.45, 7) is 8.26. The predicted molar refractivity (Wildman–Crippen MR) is 132 cm³/mol. The average Bonchev–Trinajstić information content (AvgIpc) is 3.14. The summed E-state index contributed by atoms with van der Waals surface area (Å²) in [5.74, 6) is 0.186. The number of halogens is 1. The maximum absolute atomic E-state index is 11.8. The highest BCUT2D eigenvalue weighted by Crippen LogP contribution is 2.63. The Hall–Kier alpha value is -1.37. The molecular weight excluding hydrogens is 484 g/mol. The van der Waals surface area contributed by atoms with E-state index >= 15 is 0 Å². The van der Waals surface area contributed by atoms with Gasteiger partial charge in [-0.2, -0.15) is 0 Å². The molecular formula is C27H37BrO5. The minimum absolute atomic E-state index is 0.0149. The lowest BCUT2D eigenvalue weighted by molar-refractivity contribution is -0.157. The number of carboxylic acid groups (broad SMARTS) is 1. The molecule has 0 aromatic heterocycles. The molecule has 0 saturated heterocycles. The second kappa shape index (κ2) is 8.39. The Balaban J connectivity index is 1.54. The molecule has 1 aromatic carbocycles. The van der Waals surface area contributed by atoms with Crippen molar-refractivity contribution in [1.82, 2.24) is 0 Å². The molecule has 2 saturated carbocycles. The monoisotopic (exact) mass is 520 g/mol. The van der Waals surface area contributed by atoms with Crippen LogP contribution in [0.3, 0.4) is 0 Å². The van der Waals surface area contributed by atoms with Crippen LogP contribution in [-0.4, -0.2) is 43.4 Å². The Morgan fingerprint density at radius 1 is 1.27 bits per heavy atom. The van der Waals surface area contributed by atoms with Gasteiger partial charge < -0.3 is 20.1 Å². The maximum atomic E-state index is 11.8. The molecule has 0 unspecified atom stereocenters. The molecule has 3 aliphatic rings. The zero-order valence-corrected chi connectivity index (χ0v) is 21.7. The van der Waals surface area contributed by atoms with Gasteiger partial charge in [0.05, 0.1) is 11.2 Å². The summed E-state index contributed by atoms with van der Waals surface area (Å²) in [5, 5.41) is 31.3. The number of ether oxygens (including phenoxy) is 1. The summed E-state index contributed by atoms with van der Waals surface area (Å²) in [5.41, 5.74) is -0.614. The molecule has 0 amide bonds. The van der Waals surface area contributed by atoms with E-state index < -0.39 is 17.2 Å². The van der Waals surface area contributed by atoms with Crippen LogP contribution in [0.4, 0.5) is 0 Å². The summed E-state index contributed by atoms with van der Waals surface area (Å²) >= 11 is 3.98. The number of aromatic carboxylic acids is 1. The average molecular weight is 521 g/mol. The fourth-order valence-electron chi connectivity index (χ4n) is 6.87. The molecule has 2 aliphatic carbocycles. The Morgan fingerprint density at radius 2 is 2.00 bits per heavy atom. The lowest BCUT2D eigenvalue weighted by Crippen LogP contribution is -2.59. The van der Waals surface area contributed by atoms with E-state index in [4.69, 9.17) is 4.74 Å². The first-order valence-electron chi connectivity index (χ1n) is 12.1. The number of carbonyl (C=O) groups is 1. The first-order chi connectivity index (χ1) is 15.3. The third kappa shape index (κ3) is 4.63. The van der Waals surface area contributed by atoms with Crippen molar-refractivity contribution in [3.63, 3.8) is 0 Å². The first kappa shape index (κ1) is 24.7. The van der Waals surface area contributed by atoms with E-state index in [1.165, 1.54) is 0 Å². The molecule has 3 N–H and O–H groups in total. The van der Waals surface area contributed by atoms with Crippen LogP contribution in [0.1, 0.15) is 82.1 Å². The molecule has 1 heterocycles. The topological polar surface area (TPSA) is 87.0 Å². The number of benzene rings is 1. The fraction of sp³-hybridized carbons (Fsp3) is 0.667. The Labute approximate surface area is 205 Å². The van der Waals surface area contributed by atoms with Gasteiger partial charge in [-0.25, -0.2) is 4.79 Å². The molecule has 33 heavy (non-hydrogen) atoms. The molecule has 0 bridgehead atoms. The SMILES string of the molecule is CC(C)(O)/C=C/C[C@@]1(C)[C@H](Br)CC[C@@]2(C)C[C@](O)([C@H]3Cc4cc(C(=O)O)ccc4O3)CC[C@@H]21. The largest absolute Gasteiger partial charge is 0.487 e. The fourth-order valence-corrected chi connectivity index (χ4v) is 7.61. The van der Waals surface area contributed by atoms with Crippen LogP contribution >= 0.6 is 15.9 Å². The van der Waals surface area contributed by atoms with E-state index in [0.717, 1.165) is 31.2 Å². The molecule has 182 valence electrons. The second-order valence-electron chi connectivity index (χ2n) is 11.7. The molecule has 0 spiro atoms. The van der Waals surface area contributed by atoms with Crippen molar-refractivity contribution < 1.29 is 24.9 Å². The molecule has 2 fully saturated rings. The zero-order valence-electron chi connectivity index (χ0n) is 20.1. The molecule has 5 nitrogen and oxygen atoms in total. The van der Waals surface area contributed by atoms with Gasteiger partial charge in [-0.3, -0.25) is 0 Å². The minimum Gasteiger partial charge on any atom is -0.487 e. The van der Waals surface area contributed by atoms with Crippen molar-refractivity contribution >= 4 is 21.9 Å². The van der Waals surface area contributed by atoms with E-state index in [0.29, 0.717) is 35.8 Å². The summed E-state index contributed by atoms with van der Waals surface area (Å²) in [6.07, 6.45) is 9.44. The van der Waals surface area contributed by atoms with Crippen LogP contribution in [0.5, 0.6) is 5.75 Å². The van der Waals surface area contributed by atoms with E-state index in [1.807, 2.05) is 6.08 Å². The van der Waals surface area contributed by atoms with Crippen molar-refractivity contribution in [2.75, 3.05) is 0 Å². The van der Waals surface area contributed by atoms with Crippen LogP contribution in [-0.2, 0) is 6.42 Å². The number of carboxylic acids is 1. The van der Waals surface area contributed by atoms with Crippen molar-refractivity contribution in [3.05, 3.63) is 41.5 Å². The van der Waals surface area contributed by atoms with Crippen LogP contribution in [0, 0.1) is 16.7 Å². The summed E-state index contributed by atoms with van der Waals surface area (Å²) in [6, 6.07) is 4.96. The number of allylic oxidation sites excluding steroid dienone is 1. The van der Waals surface area contributed by atoms with Crippen LogP contribution < -0.4 is 4.74 Å². The van der Waals surface area contributed by atoms with Gasteiger partial charge in [-0.15, -0.1) is 0 Å². The summed E-state index contributed by atoms with van der Waals surface area (Å²) in [7, 11) is 0.